The lowest BCUT2D eigenvalue weighted by atomic mass is 10.1. The zero-order valence-corrected chi connectivity index (χ0v) is 16.8. The van der Waals surface area contributed by atoms with Crippen LogP contribution in [0.5, 0.6) is 5.75 Å². The van der Waals surface area contributed by atoms with Crippen molar-refractivity contribution in [3.63, 3.8) is 0 Å². The summed E-state index contributed by atoms with van der Waals surface area (Å²) in [6, 6.07) is 17.7. The Morgan fingerprint density at radius 2 is 2.04 bits per heavy atom. The van der Waals surface area contributed by atoms with Crippen LogP contribution in [0.3, 0.4) is 0 Å². The van der Waals surface area contributed by atoms with Crippen molar-refractivity contribution >= 4 is 34.0 Å². The predicted octanol–water partition coefficient (Wildman–Crippen LogP) is 3.87. The van der Waals surface area contributed by atoms with Gasteiger partial charge in [-0.25, -0.2) is 0 Å². The van der Waals surface area contributed by atoms with Gasteiger partial charge in [-0.05, 0) is 17.7 Å². The van der Waals surface area contributed by atoms with E-state index >= 15 is 0 Å². The first-order chi connectivity index (χ1) is 13.7. The van der Waals surface area contributed by atoms with Gasteiger partial charge >= 0.3 is 0 Å². The molecule has 1 N–H and O–H groups in total. The molecule has 0 saturated carbocycles. The summed E-state index contributed by atoms with van der Waals surface area (Å²) >= 11 is 2.90. The highest BCUT2D eigenvalue weighted by Crippen LogP contribution is 2.31. The number of hydrogen-bond donors (Lipinski definition) is 1. The number of fused-ring (bicyclic) bond motifs is 1. The summed E-state index contributed by atoms with van der Waals surface area (Å²) in [7, 11) is 1.65. The van der Waals surface area contributed by atoms with Gasteiger partial charge in [-0.1, -0.05) is 54.2 Å². The molecule has 4 rings (SSSR count). The lowest BCUT2D eigenvalue weighted by molar-refractivity contribution is -0.118. The molecule has 2 aromatic carbocycles. The molecule has 8 heteroatoms. The second kappa shape index (κ2) is 8.45. The van der Waals surface area contributed by atoms with Crippen molar-refractivity contribution < 1.29 is 9.53 Å². The summed E-state index contributed by atoms with van der Waals surface area (Å²) in [5.41, 5.74) is 3.07. The van der Waals surface area contributed by atoms with E-state index in [0.717, 1.165) is 27.5 Å². The monoisotopic (exact) mass is 410 g/mol. The lowest BCUT2D eigenvalue weighted by Gasteiger charge is -2.06. The van der Waals surface area contributed by atoms with E-state index in [9.17, 15) is 4.79 Å². The van der Waals surface area contributed by atoms with E-state index in [0.29, 0.717) is 11.7 Å². The largest absolute Gasteiger partial charge is 0.497 e. The van der Waals surface area contributed by atoms with Crippen LogP contribution in [0.2, 0.25) is 0 Å². The number of aromatic nitrogens is 3. The number of hydrogen-bond acceptors (Lipinski definition) is 6. The van der Waals surface area contributed by atoms with Gasteiger partial charge in [0.1, 0.15) is 5.75 Å². The number of thiazole rings is 1. The highest BCUT2D eigenvalue weighted by molar-refractivity contribution is 7.99. The van der Waals surface area contributed by atoms with Crippen molar-refractivity contribution in [3.05, 3.63) is 65.5 Å². The molecule has 0 bridgehead atoms. The zero-order valence-electron chi connectivity index (χ0n) is 15.2. The average Bonchev–Trinajstić information content (AvgIpc) is 3.34. The minimum Gasteiger partial charge on any atom is -0.497 e. The van der Waals surface area contributed by atoms with Crippen LogP contribution in [0.1, 0.15) is 5.56 Å². The topological polar surface area (TPSA) is 68.5 Å². The maximum Gasteiger partial charge on any atom is 0.230 e. The Bertz CT molecular complexity index is 1090. The van der Waals surface area contributed by atoms with Crippen molar-refractivity contribution in [3.8, 4) is 17.0 Å². The molecule has 0 aliphatic heterocycles. The Morgan fingerprint density at radius 1 is 1.18 bits per heavy atom. The molecule has 1 amide bonds. The molecule has 142 valence electrons. The maximum absolute atomic E-state index is 12.2. The second-order valence-corrected chi connectivity index (χ2v) is 7.78. The standard InChI is InChI=1S/C20H18N4O2S2/c1-26-16-9-5-8-15(10-16)17-12-27-19-22-23-20(24(17)19)28-13-18(25)21-11-14-6-3-2-4-7-14/h2-10,12H,11,13H2,1H3,(H,21,25). The average molecular weight is 411 g/mol. The summed E-state index contributed by atoms with van der Waals surface area (Å²) in [5, 5.41) is 14.1. The minimum atomic E-state index is -0.0382. The van der Waals surface area contributed by atoms with Gasteiger partial charge in [0.2, 0.25) is 10.9 Å². The molecule has 28 heavy (non-hydrogen) atoms. The Kier molecular flexibility index (Phi) is 5.59. The number of nitrogens with one attached hydrogen (secondary N) is 1. The number of carbonyl (C=O) groups excluding carboxylic acids is 1. The van der Waals surface area contributed by atoms with Crippen molar-refractivity contribution in [1.29, 1.82) is 0 Å². The predicted molar refractivity (Wildman–Crippen MR) is 112 cm³/mol. The first-order valence-electron chi connectivity index (χ1n) is 8.65. The quantitative estimate of drug-likeness (QED) is 0.469. The van der Waals surface area contributed by atoms with E-state index in [1.165, 1.54) is 23.1 Å². The highest BCUT2D eigenvalue weighted by atomic mass is 32.2. The fourth-order valence-electron chi connectivity index (χ4n) is 2.75. The first-order valence-corrected chi connectivity index (χ1v) is 10.5. The summed E-state index contributed by atoms with van der Waals surface area (Å²) in [6.07, 6.45) is 0. The first kappa shape index (κ1) is 18.5. The number of rotatable bonds is 7. The summed E-state index contributed by atoms with van der Waals surface area (Å²) in [4.78, 5) is 13.0. The molecular weight excluding hydrogens is 392 g/mol. The number of methoxy groups -OCH3 is 1. The fraction of sp³-hybridized carbons (Fsp3) is 0.150. The molecule has 0 fully saturated rings. The van der Waals surface area contributed by atoms with Crippen molar-refractivity contribution in [1.82, 2.24) is 19.9 Å². The third-order valence-corrected chi connectivity index (χ3v) is 5.90. The minimum absolute atomic E-state index is 0.0382. The molecule has 0 radical (unpaired) electrons. The molecule has 0 atom stereocenters. The number of carbonyl (C=O) groups is 1. The van der Waals surface area contributed by atoms with Gasteiger partial charge in [-0.3, -0.25) is 9.20 Å². The molecule has 0 unspecified atom stereocenters. The van der Waals surface area contributed by atoms with Crippen molar-refractivity contribution in [2.45, 2.75) is 11.7 Å². The Labute approximate surface area is 170 Å². The third kappa shape index (κ3) is 4.02. The van der Waals surface area contributed by atoms with E-state index in [1.54, 1.807) is 7.11 Å². The van der Waals surface area contributed by atoms with Crippen LogP contribution >= 0.6 is 23.1 Å². The molecule has 6 nitrogen and oxygen atoms in total. The second-order valence-electron chi connectivity index (χ2n) is 6.00. The Morgan fingerprint density at radius 3 is 2.86 bits per heavy atom. The van der Waals surface area contributed by atoms with Gasteiger partial charge in [-0.2, -0.15) is 0 Å². The van der Waals surface area contributed by atoms with Crippen LogP contribution in [0.4, 0.5) is 0 Å². The Hall–Kier alpha value is -2.84. The van der Waals surface area contributed by atoms with Crippen LogP contribution in [0.15, 0.2) is 65.1 Å². The lowest BCUT2D eigenvalue weighted by Crippen LogP contribution is -2.24. The van der Waals surface area contributed by atoms with E-state index in [1.807, 2.05) is 64.4 Å². The summed E-state index contributed by atoms with van der Waals surface area (Å²) < 4.78 is 7.30. The number of thioether (sulfide) groups is 1. The Balaban J connectivity index is 1.47. The SMILES string of the molecule is COc1cccc(-c2csc3nnc(SCC(=O)NCc4ccccc4)n23)c1. The summed E-state index contributed by atoms with van der Waals surface area (Å²) in [5.74, 6) is 1.03. The van der Waals surface area contributed by atoms with Gasteiger partial charge in [0, 0.05) is 17.5 Å². The van der Waals surface area contributed by atoms with Gasteiger partial charge < -0.3 is 10.1 Å². The van der Waals surface area contributed by atoms with Crippen LogP contribution in [0, 0.1) is 0 Å². The zero-order chi connectivity index (χ0) is 19.3. The van der Waals surface area contributed by atoms with Crippen molar-refractivity contribution in [2.24, 2.45) is 0 Å². The molecule has 0 aliphatic rings. The molecular formula is C20H18N4O2S2. The third-order valence-electron chi connectivity index (χ3n) is 4.15. The molecule has 4 aromatic rings. The van der Waals surface area contributed by atoms with Gasteiger partial charge in [0.05, 0.1) is 18.6 Å². The van der Waals surface area contributed by atoms with E-state index in [4.69, 9.17) is 4.74 Å². The number of benzene rings is 2. The summed E-state index contributed by atoms with van der Waals surface area (Å²) in [6.45, 7) is 0.517. The van der Waals surface area contributed by atoms with Crippen molar-refractivity contribution in [2.75, 3.05) is 12.9 Å². The van der Waals surface area contributed by atoms with Crippen LogP contribution in [-0.4, -0.2) is 33.4 Å². The fourth-order valence-corrected chi connectivity index (χ4v) is 4.42. The number of ether oxygens (including phenoxy) is 1. The van der Waals surface area contributed by atoms with E-state index < -0.39 is 0 Å². The number of amides is 1. The van der Waals surface area contributed by atoms with Gasteiger partial charge in [0.25, 0.3) is 0 Å². The molecule has 2 heterocycles. The van der Waals surface area contributed by atoms with E-state index in [2.05, 4.69) is 15.5 Å². The normalized spacial score (nSPS) is 10.9. The molecule has 0 aliphatic carbocycles. The van der Waals surface area contributed by atoms with Crippen LogP contribution < -0.4 is 10.1 Å². The smallest absolute Gasteiger partial charge is 0.230 e. The number of nitrogens with zero attached hydrogens (tertiary/aromatic N) is 3. The van der Waals surface area contributed by atoms with E-state index in [-0.39, 0.29) is 11.7 Å². The highest BCUT2D eigenvalue weighted by Gasteiger charge is 2.15. The van der Waals surface area contributed by atoms with Gasteiger partial charge in [-0.15, -0.1) is 21.5 Å². The van der Waals surface area contributed by atoms with Gasteiger partial charge in [0.15, 0.2) is 5.16 Å². The maximum atomic E-state index is 12.2. The molecule has 2 aromatic heterocycles. The molecule has 0 spiro atoms. The van der Waals surface area contributed by atoms with Crippen LogP contribution in [0.25, 0.3) is 16.2 Å². The molecule has 0 saturated heterocycles. The van der Waals surface area contributed by atoms with Crippen LogP contribution in [-0.2, 0) is 11.3 Å².